The molecule has 0 radical (unpaired) electrons. The van der Waals surface area contributed by atoms with E-state index in [0.717, 1.165) is 18.3 Å². The second-order valence-corrected chi connectivity index (χ2v) is 7.14. The highest BCUT2D eigenvalue weighted by molar-refractivity contribution is 8.13. The number of thioether (sulfide) groups is 1. The van der Waals surface area contributed by atoms with Crippen molar-refractivity contribution in [1.29, 1.82) is 0 Å². The number of hydrogen-bond acceptors (Lipinski definition) is 5. The maximum Gasteiger partial charge on any atom is 0.154 e. The molecule has 1 saturated heterocycles. The van der Waals surface area contributed by atoms with E-state index >= 15 is 0 Å². The Labute approximate surface area is 170 Å². The van der Waals surface area contributed by atoms with E-state index in [0.29, 0.717) is 17.5 Å². The van der Waals surface area contributed by atoms with Crippen molar-refractivity contribution in [3.8, 4) is 11.1 Å². The average Bonchev–Trinajstić information content (AvgIpc) is 2.98. The molecule has 1 fully saturated rings. The predicted octanol–water partition coefficient (Wildman–Crippen LogP) is 3.91. The number of amidine groups is 1. The van der Waals surface area contributed by atoms with E-state index in [2.05, 4.69) is 9.98 Å². The van der Waals surface area contributed by atoms with Gasteiger partial charge < -0.3 is 10.5 Å². The smallest absolute Gasteiger partial charge is 0.154 e. The van der Waals surface area contributed by atoms with Crippen LogP contribution in [0, 0.1) is 23.4 Å². The zero-order chi connectivity index (χ0) is 17.6. The molecule has 10 heteroatoms. The summed E-state index contributed by atoms with van der Waals surface area (Å²) < 4.78 is 48.0. The molecule has 2 atom stereocenters. The number of rotatable bonds is 2. The van der Waals surface area contributed by atoms with Crippen LogP contribution in [-0.2, 0) is 10.3 Å². The Balaban J connectivity index is 0.00000131. The van der Waals surface area contributed by atoms with Crippen molar-refractivity contribution in [2.24, 2.45) is 16.6 Å². The Hall–Kier alpha value is -1.48. The summed E-state index contributed by atoms with van der Waals surface area (Å²) in [6, 6.07) is 3.32. The molecule has 0 amide bonds. The van der Waals surface area contributed by atoms with Gasteiger partial charge in [-0.15, -0.1) is 24.8 Å². The van der Waals surface area contributed by atoms with Gasteiger partial charge >= 0.3 is 0 Å². The van der Waals surface area contributed by atoms with Gasteiger partial charge in [0.1, 0.15) is 23.0 Å². The second-order valence-electron chi connectivity index (χ2n) is 6.10. The Bertz CT molecular complexity index is 886. The Morgan fingerprint density at radius 3 is 2.63 bits per heavy atom. The minimum absolute atomic E-state index is 0. The average molecular weight is 438 g/mol. The predicted molar refractivity (Wildman–Crippen MR) is 104 cm³/mol. The van der Waals surface area contributed by atoms with Gasteiger partial charge in [-0.1, -0.05) is 11.8 Å². The summed E-state index contributed by atoms with van der Waals surface area (Å²) in [5, 5.41) is 0.347. The third-order valence-corrected chi connectivity index (χ3v) is 5.55. The lowest BCUT2D eigenvalue weighted by molar-refractivity contribution is 0.176. The van der Waals surface area contributed by atoms with Crippen LogP contribution in [0.3, 0.4) is 0 Å². The van der Waals surface area contributed by atoms with E-state index in [1.807, 2.05) is 0 Å². The number of nitrogens with two attached hydrogens (primary N) is 1. The summed E-state index contributed by atoms with van der Waals surface area (Å²) in [6.45, 7) is 0.597. The van der Waals surface area contributed by atoms with Crippen molar-refractivity contribution < 1.29 is 17.9 Å². The first-order valence-corrected chi connectivity index (χ1v) is 8.64. The first-order chi connectivity index (χ1) is 12.0. The topological polar surface area (TPSA) is 60.5 Å². The molecule has 2 aromatic rings. The van der Waals surface area contributed by atoms with Gasteiger partial charge in [0.25, 0.3) is 0 Å². The van der Waals surface area contributed by atoms with Crippen LogP contribution in [0.25, 0.3) is 11.1 Å². The fraction of sp³-hybridized carbons (Fsp3) is 0.294. The van der Waals surface area contributed by atoms with E-state index in [1.54, 1.807) is 0 Å². The Kier molecular flexibility index (Phi) is 6.68. The van der Waals surface area contributed by atoms with Gasteiger partial charge in [-0.3, -0.25) is 4.98 Å². The molecule has 2 N–H and O–H groups in total. The van der Waals surface area contributed by atoms with Crippen molar-refractivity contribution in [3.63, 3.8) is 0 Å². The van der Waals surface area contributed by atoms with Crippen LogP contribution in [0.15, 0.2) is 35.6 Å². The van der Waals surface area contributed by atoms with Gasteiger partial charge in [0, 0.05) is 40.6 Å². The van der Waals surface area contributed by atoms with Crippen LogP contribution in [0.5, 0.6) is 0 Å². The lowest BCUT2D eigenvalue weighted by Crippen LogP contribution is -2.40. The van der Waals surface area contributed by atoms with Crippen molar-refractivity contribution in [2.75, 3.05) is 19.0 Å². The number of benzene rings is 1. The van der Waals surface area contributed by atoms with Crippen LogP contribution < -0.4 is 5.73 Å². The normalized spacial score (nSPS) is 23.7. The number of hydrogen-bond donors (Lipinski definition) is 1. The molecule has 1 aromatic carbocycles. The molecule has 0 aliphatic carbocycles. The van der Waals surface area contributed by atoms with Crippen molar-refractivity contribution >= 4 is 41.7 Å². The van der Waals surface area contributed by atoms with Crippen LogP contribution in [0.1, 0.15) is 5.56 Å². The van der Waals surface area contributed by atoms with E-state index in [-0.39, 0.29) is 54.0 Å². The number of aromatic nitrogens is 1. The monoisotopic (exact) mass is 437 g/mol. The Morgan fingerprint density at radius 2 is 1.89 bits per heavy atom. The summed E-state index contributed by atoms with van der Waals surface area (Å²) in [7, 11) is 0. The van der Waals surface area contributed by atoms with Crippen LogP contribution in [0.4, 0.5) is 13.2 Å². The van der Waals surface area contributed by atoms with E-state index in [9.17, 15) is 13.2 Å². The maximum atomic E-state index is 14.7. The molecule has 0 saturated carbocycles. The van der Waals surface area contributed by atoms with E-state index < -0.39 is 23.0 Å². The first-order valence-electron chi connectivity index (χ1n) is 7.66. The molecule has 0 bridgehead atoms. The number of aliphatic imine (C=N–C) groups is 1. The summed E-state index contributed by atoms with van der Waals surface area (Å²) in [4.78, 5) is 8.20. The summed E-state index contributed by atoms with van der Waals surface area (Å²) in [6.07, 6.45) is 2.35. The fourth-order valence-corrected chi connectivity index (χ4v) is 4.33. The van der Waals surface area contributed by atoms with E-state index in [4.69, 9.17) is 10.5 Å². The lowest BCUT2D eigenvalue weighted by atomic mass is 9.80. The molecule has 2 aliphatic heterocycles. The summed E-state index contributed by atoms with van der Waals surface area (Å²) in [5.74, 6) is -1.53. The lowest BCUT2D eigenvalue weighted by Gasteiger charge is -2.34. The molecule has 4 rings (SSSR count). The quantitative estimate of drug-likeness (QED) is 0.773. The van der Waals surface area contributed by atoms with Gasteiger partial charge in [-0.05, 0) is 12.1 Å². The number of nitrogens with zero attached hydrogens (tertiary/aromatic N) is 2. The standard InChI is InChI=1S/C17H14F3N3OS.2ClH/c18-11-1-9(4-22-5-11)12-2-13(15(20)3-14(12)19)17-8-24-6-10(17)7-25-16(21)23-17;;/h1-5,10H,6-8H2,(H2,21,23);2*1H/t10-,17-;;/m0../s1. The van der Waals surface area contributed by atoms with Crippen LogP contribution in [-0.4, -0.2) is 29.1 Å². The molecule has 0 unspecified atom stereocenters. The molecule has 146 valence electrons. The van der Waals surface area contributed by atoms with Gasteiger partial charge in [-0.2, -0.15) is 0 Å². The van der Waals surface area contributed by atoms with Gasteiger partial charge in [0.15, 0.2) is 5.17 Å². The first kappa shape index (κ1) is 21.8. The summed E-state index contributed by atoms with van der Waals surface area (Å²) >= 11 is 1.39. The third kappa shape index (κ3) is 3.76. The minimum Gasteiger partial charge on any atom is -0.379 e. The fourth-order valence-electron chi connectivity index (χ4n) is 3.36. The minimum atomic E-state index is -0.984. The number of ether oxygens (including phenoxy) is 1. The zero-order valence-electron chi connectivity index (χ0n) is 13.8. The number of pyridine rings is 1. The number of halogens is 5. The second kappa shape index (κ2) is 8.26. The van der Waals surface area contributed by atoms with Crippen LogP contribution >= 0.6 is 36.6 Å². The molecule has 4 nitrogen and oxygen atoms in total. The molecule has 3 heterocycles. The van der Waals surface area contributed by atoms with Gasteiger partial charge in [0.05, 0.1) is 19.4 Å². The van der Waals surface area contributed by atoms with Crippen LogP contribution in [0.2, 0.25) is 0 Å². The number of fused-ring (bicyclic) bond motifs is 1. The van der Waals surface area contributed by atoms with Gasteiger partial charge in [-0.25, -0.2) is 18.2 Å². The van der Waals surface area contributed by atoms with Crippen molar-refractivity contribution in [2.45, 2.75) is 5.54 Å². The highest BCUT2D eigenvalue weighted by Crippen LogP contribution is 2.46. The van der Waals surface area contributed by atoms with Crippen molar-refractivity contribution in [1.82, 2.24) is 4.98 Å². The van der Waals surface area contributed by atoms with Crippen molar-refractivity contribution in [3.05, 3.63) is 53.6 Å². The SMILES string of the molecule is Cl.Cl.NC1=N[C@@]2(c3cc(-c4cncc(F)c4)c(F)cc3F)COC[C@H]2CS1. The molecule has 27 heavy (non-hydrogen) atoms. The molecule has 0 spiro atoms. The highest BCUT2D eigenvalue weighted by atomic mass is 35.5. The maximum absolute atomic E-state index is 14.7. The molecular formula is C17H16Cl2F3N3OS. The third-order valence-electron chi connectivity index (χ3n) is 4.60. The Morgan fingerprint density at radius 1 is 1.11 bits per heavy atom. The largest absolute Gasteiger partial charge is 0.379 e. The zero-order valence-corrected chi connectivity index (χ0v) is 16.3. The molecule has 1 aromatic heterocycles. The summed E-state index contributed by atoms with van der Waals surface area (Å²) in [5.41, 5.74) is 5.38. The van der Waals surface area contributed by atoms with Gasteiger partial charge in [0.2, 0.25) is 0 Å². The molecule has 2 aliphatic rings. The molecular weight excluding hydrogens is 422 g/mol. The highest BCUT2D eigenvalue weighted by Gasteiger charge is 2.49. The van der Waals surface area contributed by atoms with E-state index in [1.165, 1.54) is 24.0 Å².